The first kappa shape index (κ1) is 50.1. The van der Waals surface area contributed by atoms with Gasteiger partial charge in [-0.15, -0.1) is 11.3 Å². The Morgan fingerprint density at radius 2 is 1.60 bits per heavy atom. The van der Waals surface area contributed by atoms with E-state index < -0.39 is 23.6 Å². The number of aromatic nitrogens is 4. The minimum absolute atomic E-state index is 0.0320. The highest BCUT2D eigenvalue weighted by Gasteiger charge is 2.44. The molecule has 0 radical (unpaired) electrons. The molecule has 1 fully saturated rings. The number of nitrogens with zero attached hydrogens (tertiary/aromatic N) is 5. The molecule has 14 heteroatoms. The molecule has 7 rings (SSSR count). The first-order valence-corrected chi connectivity index (χ1v) is 24.8. The Hall–Kier alpha value is -5.83. The minimum Gasteiger partial charge on any atom is -0.391 e. The van der Waals surface area contributed by atoms with Crippen molar-refractivity contribution in [1.82, 2.24) is 40.4 Å². The predicted octanol–water partition coefficient (Wildman–Crippen LogP) is 9.68. The average molecular weight is 943 g/mol. The number of aliphatic hydroxyl groups is 1. The molecule has 1 saturated heterocycles. The number of rotatable bonds is 19. The monoisotopic (exact) mass is 942 g/mol. The number of nitrogens with one attached hydrogen (secondary N) is 3. The lowest BCUT2D eigenvalue weighted by Gasteiger charge is -2.35. The van der Waals surface area contributed by atoms with Gasteiger partial charge in [-0.1, -0.05) is 82.9 Å². The molecule has 6 aromatic rings. The van der Waals surface area contributed by atoms with Crippen molar-refractivity contribution in [3.8, 4) is 33.0 Å². The molecule has 0 spiro atoms. The van der Waals surface area contributed by atoms with E-state index in [0.29, 0.717) is 11.9 Å². The number of amides is 3. The van der Waals surface area contributed by atoms with Crippen LogP contribution in [0.15, 0.2) is 78.7 Å². The Labute approximate surface area is 404 Å². The van der Waals surface area contributed by atoms with Crippen molar-refractivity contribution in [2.24, 2.45) is 12.5 Å². The molecule has 12 nitrogen and oxygen atoms in total. The number of carbonyl (C=O) groups excluding carboxylic acids is 3. The van der Waals surface area contributed by atoms with Crippen molar-refractivity contribution >= 4 is 40.0 Å². The Balaban J connectivity index is 0.821. The molecule has 0 bridgehead atoms. The molecule has 0 unspecified atom stereocenters. The molecule has 3 amide bonds. The number of hydrogen-bond acceptors (Lipinski definition) is 9. The van der Waals surface area contributed by atoms with Crippen LogP contribution >= 0.6 is 11.3 Å². The Kier molecular flexibility index (Phi) is 16.2. The van der Waals surface area contributed by atoms with E-state index in [0.717, 1.165) is 112 Å². The number of thiazole rings is 1. The van der Waals surface area contributed by atoms with Crippen LogP contribution < -0.4 is 16.0 Å². The SMILES string of the molecule is Cc1cc(CNCCCCCCCCC(=O)N[C@H](C(=O)N2C[C@H](O)C[C@H]2C(=O)N[C@@H](C)c2ccc(-c3scnc3C)cc2)C(C)(C)C)cc(C)c1-c1ncn(C)c1-c1ccnc2cc(F)ccc12. The van der Waals surface area contributed by atoms with Crippen molar-refractivity contribution in [2.45, 2.75) is 131 Å². The smallest absolute Gasteiger partial charge is 0.246 e. The van der Waals surface area contributed by atoms with Crippen LogP contribution in [-0.2, 0) is 28.0 Å². The van der Waals surface area contributed by atoms with Gasteiger partial charge in [0, 0.05) is 61.8 Å². The number of aliphatic hydroxyl groups excluding tert-OH is 1. The van der Waals surface area contributed by atoms with Crippen molar-refractivity contribution in [3.63, 3.8) is 0 Å². The van der Waals surface area contributed by atoms with Gasteiger partial charge >= 0.3 is 0 Å². The standard InChI is InChI=1S/C54H67FN8O4S/c1-33-25-37(26-34(2)47(33)48-49(62(8)31-58-48)43-22-24-57-44-27-40(55)20-21-42(43)44)29-56-23-14-12-10-9-11-13-15-46(65)61-51(54(5,6)7)53(67)63-30-41(64)28-45(63)52(66)60-35(3)38-16-18-39(19-17-38)50-36(4)59-32-68-50/h16-22,24-27,31-32,35,41,45,51,56,64H,9-15,23,28-30H2,1-8H3,(H,60,66)(H,61,65)/t35-,41+,45-,51+/m0/s1. The number of β-amino-alcohol motifs (C(OH)–C–C–N with tert-alkyl or cyclic N) is 1. The number of carbonyl (C=O) groups is 3. The van der Waals surface area contributed by atoms with Gasteiger partial charge in [-0.05, 0) is 98.5 Å². The summed E-state index contributed by atoms with van der Waals surface area (Å²) in [6.45, 7) is 15.6. The highest BCUT2D eigenvalue weighted by Crippen LogP contribution is 2.38. The summed E-state index contributed by atoms with van der Waals surface area (Å²) in [4.78, 5) is 57.2. The van der Waals surface area contributed by atoms with Crippen LogP contribution in [0.3, 0.4) is 0 Å². The molecule has 3 aromatic carbocycles. The third kappa shape index (κ3) is 11.9. The summed E-state index contributed by atoms with van der Waals surface area (Å²) < 4.78 is 16.0. The Morgan fingerprint density at radius 3 is 2.29 bits per heavy atom. The second-order valence-electron chi connectivity index (χ2n) is 19.6. The first-order chi connectivity index (χ1) is 32.5. The number of hydrogen-bond donors (Lipinski definition) is 4. The van der Waals surface area contributed by atoms with Crippen LogP contribution in [-0.4, -0.2) is 78.5 Å². The van der Waals surface area contributed by atoms with Gasteiger partial charge in [-0.3, -0.25) is 19.4 Å². The van der Waals surface area contributed by atoms with Crippen LogP contribution in [0.25, 0.3) is 43.9 Å². The van der Waals surface area contributed by atoms with Gasteiger partial charge in [-0.2, -0.15) is 0 Å². The second-order valence-corrected chi connectivity index (χ2v) is 20.5. The second kappa shape index (κ2) is 22.1. The fraction of sp³-hybridized carbons (Fsp3) is 0.444. The molecule has 4 heterocycles. The van der Waals surface area contributed by atoms with Crippen molar-refractivity contribution in [1.29, 1.82) is 0 Å². The number of unbranched alkanes of at least 4 members (excludes halogenated alkanes) is 5. The third-order valence-electron chi connectivity index (χ3n) is 13.1. The lowest BCUT2D eigenvalue weighted by Crippen LogP contribution is -2.57. The van der Waals surface area contributed by atoms with Gasteiger partial charge in [-0.25, -0.2) is 14.4 Å². The van der Waals surface area contributed by atoms with Crippen LogP contribution in [0, 0.1) is 32.0 Å². The first-order valence-electron chi connectivity index (χ1n) is 24.0. The summed E-state index contributed by atoms with van der Waals surface area (Å²) in [6.07, 6.45) is 9.03. The third-order valence-corrected chi connectivity index (χ3v) is 14.1. The fourth-order valence-corrected chi connectivity index (χ4v) is 10.3. The number of pyridine rings is 1. The van der Waals surface area contributed by atoms with Crippen LogP contribution in [0.4, 0.5) is 4.39 Å². The molecular formula is C54H67FN8O4S. The van der Waals surface area contributed by atoms with Gasteiger partial charge < -0.3 is 30.5 Å². The normalized spacial score (nSPS) is 16.0. The molecule has 4 N–H and O–H groups in total. The van der Waals surface area contributed by atoms with E-state index in [2.05, 4.69) is 51.9 Å². The molecule has 4 atom stereocenters. The molecule has 0 saturated carbocycles. The van der Waals surface area contributed by atoms with Crippen LogP contribution in [0.2, 0.25) is 0 Å². The van der Waals surface area contributed by atoms with Crippen molar-refractivity contribution in [3.05, 3.63) is 112 Å². The maximum absolute atomic E-state index is 14.1. The summed E-state index contributed by atoms with van der Waals surface area (Å²) in [5.74, 6) is -1.18. The zero-order valence-corrected chi connectivity index (χ0v) is 41.6. The summed E-state index contributed by atoms with van der Waals surface area (Å²) in [7, 11) is 1.98. The summed E-state index contributed by atoms with van der Waals surface area (Å²) in [6, 6.07) is 17.1. The summed E-state index contributed by atoms with van der Waals surface area (Å²) in [5.41, 5.74) is 12.2. The molecule has 0 aliphatic carbocycles. The topological polar surface area (TPSA) is 154 Å². The molecule has 1 aliphatic rings. The molecule has 360 valence electrons. The van der Waals surface area contributed by atoms with E-state index in [1.807, 2.05) is 88.4 Å². The lowest BCUT2D eigenvalue weighted by molar-refractivity contribution is -0.144. The van der Waals surface area contributed by atoms with E-state index in [1.165, 1.54) is 22.6 Å². The van der Waals surface area contributed by atoms with E-state index in [9.17, 15) is 23.9 Å². The summed E-state index contributed by atoms with van der Waals surface area (Å²) >= 11 is 1.59. The Bertz CT molecular complexity index is 2700. The number of likely N-dealkylation sites (tertiary alicyclic amines) is 1. The van der Waals surface area contributed by atoms with Gasteiger partial charge in [0.05, 0.1) is 51.5 Å². The van der Waals surface area contributed by atoms with Crippen molar-refractivity contribution < 1.29 is 23.9 Å². The molecular weight excluding hydrogens is 876 g/mol. The quantitative estimate of drug-likeness (QED) is 0.0586. The van der Waals surface area contributed by atoms with E-state index in [1.54, 1.807) is 23.6 Å². The average Bonchev–Trinajstić information content (AvgIpc) is 4.02. The number of aryl methyl sites for hydroxylation is 4. The molecule has 68 heavy (non-hydrogen) atoms. The predicted molar refractivity (Wildman–Crippen MR) is 269 cm³/mol. The largest absolute Gasteiger partial charge is 0.391 e. The number of halogens is 1. The summed E-state index contributed by atoms with van der Waals surface area (Å²) in [5, 5.41) is 21.2. The fourth-order valence-electron chi connectivity index (χ4n) is 9.51. The number of imidazole rings is 1. The molecule has 1 aliphatic heterocycles. The highest BCUT2D eigenvalue weighted by atomic mass is 32.1. The van der Waals surface area contributed by atoms with E-state index in [-0.39, 0.29) is 42.5 Å². The Morgan fingerprint density at radius 1 is 0.897 bits per heavy atom. The number of benzene rings is 3. The lowest BCUT2D eigenvalue weighted by atomic mass is 9.85. The van der Waals surface area contributed by atoms with E-state index >= 15 is 0 Å². The minimum atomic E-state index is -0.851. The van der Waals surface area contributed by atoms with Crippen LogP contribution in [0.5, 0.6) is 0 Å². The zero-order chi connectivity index (χ0) is 48.7. The van der Waals surface area contributed by atoms with Crippen LogP contribution in [0.1, 0.15) is 113 Å². The molecule has 3 aromatic heterocycles. The van der Waals surface area contributed by atoms with Gasteiger partial charge in [0.25, 0.3) is 0 Å². The van der Waals surface area contributed by atoms with Crippen molar-refractivity contribution in [2.75, 3.05) is 13.1 Å². The van der Waals surface area contributed by atoms with Gasteiger partial charge in [0.2, 0.25) is 17.7 Å². The van der Waals surface area contributed by atoms with Gasteiger partial charge in [0.15, 0.2) is 0 Å². The van der Waals surface area contributed by atoms with E-state index in [4.69, 9.17) is 4.98 Å². The van der Waals surface area contributed by atoms with Gasteiger partial charge in [0.1, 0.15) is 17.9 Å². The maximum atomic E-state index is 14.1. The maximum Gasteiger partial charge on any atom is 0.246 e. The number of fused-ring (bicyclic) bond motifs is 1. The highest BCUT2D eigenvalue weighted by molar-refractivity contribution is 7.13. The zero-order valence-electron chi connectivity index (χ0n) is 40.8.